The number of alkyl halides is 1. The van der Waals surface area contributed by atoms with Gasteiger partial charge in [0.25, 0.3) is 0 Å². The summed E-state index contributed by atoms with van der Waals surface area (Å²) < 4.78 is 13.6. The van der Waals surface area contributed by atoms with Gasteiger partial charge in [0.1, 0.15) is 5.82 Å². The van der Waals surface area contributed by atoms with E-state index in [0.29, 0.717) is 4.47 Å². The van der Waals surface area contributed by atoms with Crippen LogP contribution in [0.15, 0.2) is 40.2 Å². The Kier molecular flexibility index (Phi) is 3.44. The number of hydrogen-bond donors (Lipinski definition) is 0. The second kappa shape index (κ2) is 4.64. The third kappa shape index (κ3) is 2.41. The van der Waals surface area contributed by atoms with Gasteiger partial charge >= 0.3 is 0 Å². The molecule has 15 heavy (non-hydrogen) atoms. The Labute approximate surface area is 105 Å². The first-order chi connectivity index (χ1) is 7.18. The number of thiophene rings is 1. The third-order valence-corrected chi connectivity index (χ3v) is 4.25. The van der Waals surface area contributed by atoms with Crippen LogP contribution in [0.1, 0.15) is 15.8 Å². The first-order valence-electron chi connectivity index (χ1n) is 4.31. The van der Waals surface area contributed by atoms with E-state index in [-0.39, 0.29) is 11.2 Å². The number of halogens is 3. The van der Waals surface area contributed by atoms with Gasteiger partial charge in [0.05, 0.1) is 5.38 Å². The molecule has 0 aliphatic heterocycles. The zero-order valence-corrected chi connectivity index (χ0v) is 10.7. The summed E-state index contributed by atoms with van der Waals surface area (Å²) >= 11 is 11.2. The molecule has 1 heterocycles. The van der Waals surface area contributed by atoms with Crippen LogP contribution in [-0.2, 0) is 0 Å². The molecule has 0 nitrogen and oxygen atoms in total. The predicted molar refractivity (Wildman–Crippen MR) is 66.1 cm³/mol. The Morgan fingerprint density at radius 3 is 2.73 bits per heavy atom. The van der Waals surface area contributed by atoms with Gasteiger partial charge in [0.15, 0.2) is 0 Å². The monoisotopic (exact) mass is 304 g/mol. The molecule has 0 bridgehead atoms. The Balaban J connectivity index is 2.38. The lowest BCUT2D eigenvalue weighted by Crippen LogP contribution is -1.92. The maximum Gasteiger partial charge on any atom is 0.124 e. The highest BCUT2D eigenvalue weighted by Gasteiger charge is 2.14. The molecule has 2 rings (SSSR count). The molecular weight excluding hydrogens is 299 g/mol. The van der Waals surface area contributed by atoms with E-state index in [0.717, 1.165) is 10.4 Å². The van der Waals surface area contributed by atoms with Crippen LogP contribution in [0, 0.1) is 5.82 Å². The molecule has 78 valence electrons. The molecule has 0 aliphatic carbocycles. The number of rotatable bonds is 2. The number of hydrogen-bond acceptors (Lipinski definition) is 1. The first-order valence-corrected chi connectivity index (χ1v) is 6.42. The second-order valence-corrected chi connectivity index (χ2v) is 5.31. The smallest absolute Gasteiger partial charge is 0.124 e. The molecular formula is C11H7BrClFS. The van der Waals surface area contributed by atoms with Crippen LogP contribution in [0.2, 0.25) is 0 Å². The standard InChI is InChI=1S/C11H7BrClFS/c12-9-6-7(14)3-4-8(9)11(13)10-2-1-5-15-10/h1-6,11H. The molecule has 1 atom stereocenters. The Bertz CT molecular complexity index is 456. The molecule has 0 amide bonds. The fraction of sp³-hybridized carbons (Fsp3) is 0.0909. The third-order valence-electron chi connectivity index (χ3n) is 2.03. The lowest BCUT2D eigenvalue weighted by atomic mass is 10.1. The average Bonchev–Trinajstić information content (AvgIpc) is 2.69. The highest BCUT2D eigenvalue weighted by molar-refractivity contribution is 9.10. The van der Waals surface area contributed by atoms with E-state index in [4.69, 9.17) is 11.6 Å². The van der Waals surface area contributed by atoms with Crippen LogP contribution in [-0.4, -0.2) is 0 Å². The van der Waals surface area contributed by atoms with Gasteiger partial charge in [-0.2, -0.15) is 0 Å². The summed E-state index contributed by atoms with van der Waals surface area (Å²) in [5, 5.41) is 1.75. The molecule has 0 saturated carbocycles. The van der Waals surface area contributed by atoms with Crippen molar-refractivity contribution in [3.8, 4) is 0 Å². The van der Waals surface area contributed by atoms with Gasteiger partial charge in [-0.15, -0.1) is 22.9 Å². The summed E-state index contributed by atoms with van der Waals surface area (Å²) in [4.78, 5) is 1.06. The van der Waals surface area contributed by atoms with E-state index >= 15 is 0 Å². The highest BCUT2D eigenvalue weighted by Crippen LogP contribution is 2.36. The molecule has 0 saturated heterocycles. The van der Waals surface area contributed by atoms with Crippen LogP contribution < -0.4 is 0 Å². The average molecular weight is 306 g/mol. The minimum atomic E-state index is -0.263. The maximum atomic E-state index is 12.9. The summed E-state index contributed by atoms with van der Waals surface area (Å²) in [6, 6.07) is 8.48. The normalized spacial score (nSPS) is 12.7. The SMILES string of the molecule is Fc1ccc(C(Cl)c2cccs2)c(Br)c1. The van der Waals surface area contributed by atoms with Crippen molar-refractivity contribution in [2.45, 2.75) is 5.38 Å². The van der Waals surface area contributed by atoms with Gasteiger partial charge in [-0.25, -0.2) is 4.39 Å². The predicted octanol–water partition coefficient (Wildman–Crippen LogP) is 4.98. The van der Waals surface area contributed by atoms with Crippen molar-refractivity contribution in [3.63, 3.8) is 0 Å². The highest BCUT2D eigenvalue weighted by atomic mass is 79.9. The van der Waals surface area contributed by atoms with E-state index in [2.05, 4.69) is 15.9 Å². The van der Waals surface area contributed by atoms with Gasteiger partial charge in [-0.05, 0) is 29.1 Å². The molecule has 0 fully saturated rings. The van der Waals surface area contributed by atoms with E-state index in [1.54, 1.807) is 17.4 Å². The molecule has 1 aromatic carbocycles. The van der Waals surface area contributed by atoms with E-state index < -0.39 is 0 Å². The lowest BCUT2D eigenvalue weighted by Gasteiger charge is -2.09. The van der Waals surface area contributed by atoms with Crippen molar-refractivity contribution >= 4 is 38.9 Å². The van der Waals surface area contributed by atoms with E-state index in [1.165, 1.54) is 12.1 Å². The van der Waals surface area contributed by atoms with Crippen molar-refractivity contribution in [2.24, 2.45) is 0 Å². The van der Waals surface area contributed by atoms with Gasteiger partial charge < -0.3 is 0 Å². The lowest BCUT2D eigenvalue weighted by molar-refractivity contribution is 0.626. The molecule has 0 radical (unpaired) electrons. The van der Waals surface area contributed by atoms with E-state index in [9.17, 15) is 4.39 Å². The second-order valence-electron chi connectivity index (χ2n) is 3.04. The summed E-state index contributed by atoms with van der Waals surface area (Å²) in [5.41, 5.74) is 0.889. The minimum Gasteiger partial charge on any atom is -0.207 e. The summed E-state index contributed by atoms with van der Waals surface area (Å²) in [6.45, 7) is 0. The topological polar surface area (TPSA) is 0 Å². The summed E-state index contributed by atoms with van der Waals surface area (Å²) in [7, 11) is 0. The van der Waals surface area contributed by atoms with Gasteiger partial charge in [0.2, 0.25) is 0 Å². The maximum absolute atomic E-state index is 12.9. The van der Waals surface area contributed by atoms with Crippen molar-refractivity contribution in [2.75, 3.05) is 0 Å². The Morgan fingerprint density at radius 2 is 2.13 bits per heavy atom. The van der Waals surface area contributed by atoms with Crippen LogP contribution in [0.3, 0.4) is 0 Å². The molecule has 0 N–H and O–H groups in total. The van der Waals surface area contributed by atoms with Crippen LogP contribution in [0.4, 0.5) is 4.39 Å². The van der Waals surface area contributed by atoms with Crippen molar-refractivity contribution in [3.05, 3.63) is 56.4 Å². The van der Waals surface area contributed by atoms with Gasteiger partial charge in [-0.1, -0.05) is 28.1 Å². The number of benzene rings is 1. The fourth-order valence-corrected chi connectivity index (χ4v) is 3.14. The van der Waals surface area contributed by atoms with Gasteiger partial charge in [-0.3, -0.25) is 0 Å². The molecule has 0 aliphatic rings. The zero-order chi connectivity index (χ0) is 10.8. The first kappa shape index (κ1) is 11.1. The molecule has 1 unspecified atom stereocenters. The van der Waals surface area contributed by atoms with Crippen LogP contribution >= 0.6 is 38.9 Å². The molecule has 1 aromatic heterocycles. The van der Waals surface area contributed by atoms with Gasteiger partial charge in [0, 0.05) is 9.35 Å². The minimum absolute atomic E-state index is 0.222. The molecule has 4 heteroatoms. The zero-order valence-electron chi connectivity index (χ0n) is 7.58. The Hall–Kier alpha value is -0.380. The van der Waals surface area contributed by atoms with E-state index in [1.807, 2.05) is 17.5 Å². The fourth-order valence-electron chi connectivity index (χ4n) is 1.30. The van der Waals surface area contributed by atoms with Crippen molar-refractivity contribution in [1.29, 1.82) is 0 Å². The molecule has 0 spiro atoms. The van der Waals surface area contributed by atoms with Crippen LogP contribution in [0.5, 0.6) is 0 Å². The Morgan fingerprint density at radius 1 is 1.33 bits per heavy atom. The largest absolute Gasteiger partial charge is 0.207 e. The molecule has 2 aromatic rings. The van der Waals surface area contributed by atoms with Crippen molar-refractivity contribution in [1.82, 2.24) is 0 Å². The quantitative estimate of drug-likeness (QED) is 0.687. The van der Waals surface area contributed by atoms with Crippen molar-refractivity contribution < 1.29 is 4.39 Å². The summed E-state index contributed by atoms with van der Waals surface area (Å²) in [5.74, 6) is -0.263. The van der Waals surface area contributed by atoms with Crippen LogP contribution in [0.25, 0.3) is 0 Å². The summed E-state index contributed by atoms with van der Waals surface area (Å²) in [6.07, 6.45) is 0.